The average Bonchev–Trinajstić information content (AvgIpc) is 2.66. The van der Waals surface area contributed by atoms with Crippen molar-refractivity contribution >= 4 is 5.91 Å². The van der Waals surface area contributed by atoms with Gasteiger partial charge in [-0.2, -0.15) is 0 Å². The molecular weight excluding hydrogens is 220 g/mol. The summed E-state index contributed by atoms with van der Waals surface area (Å²) in [5, 5.41) is 3.31. The molecule has 2 rings (SSSR count). The largest absolute Gasteiger partial charge is 0.364 e. The molecule has 2 aromatic rings. The number of carbonyl (C=O) groups is 1. The van der Waals surface area contributed by atoms with Crippen molar-refractivity contribution in [2.75, 3.05) is 0 Å². The molecule has 2 N–H and O–H groups in total. The summed E-state index contributed by atoms with van der Waals surface area (Å²) in [4.78, 5) is 14.4. The van der Waals surface area contributed by atoms with E-state index in [9.17, 15) is 13.6 Å². The summed E-state index contributed by atoms with van der Waals surface area (Å²) >= 11 is 0. The van der Waals surface area contributed by atoms with Crippen LogP contribution in [-0.2, 0) is 0 Å². The Morgan fingerprint density at radius 3 is 2.81 bits per heavy atom. The summed E-state index contributed by atoms with van der Waals surface area (Å²) < 4.78 is 30.4. The van der Waals surface area contributed by atoms with Gasteiger partial charge in [-0.1, -0.05) is 5.16 Å². The topological polar surface area (TPSA) is 82.0 Å². The van der Waals surface area contributed by atoms with Crippen LogP contribution in [0.4, 0.5) is 8.78 Å². The zero-order chi connectivity index (χ0) is 11.7. The number of primary amides is 1. The van der Waals surface area contributed by atoms with E-state index in [4.69, 9.17) is 5.73 Å². The van der Waals surface area contributed by atoms with Gasteiger partial charge in [-0.3, -0.25) is 4.79 Å². The minimum atomic E-state index is -0.925. The van der Waals surface area contributed by atoms with Crippen LogP contribution in [0, 0.1) is 11.6 Å². The SMILES string of the molecule is NC(=O)c1nocc1-c1ncc(F)cc1F. The summed E-state index contributed by atoms with van der Waals surface area (Å²) in [6.45, 7) is 0. The minimum absolute atomic E-state index is 0.00926. The van der Waals surface area contributed by atoms with Gasteiger partial charge in [-0.15, -0.1) is 0 Å². The lowest BCUT2D eigenvalue weighted by Gasteiger charge is -1.99. The van der Waals surface area contributed by atoms with Gasteiger partial charge in [0.05, 0.1) is 11.8 Å². The molecule has 16 heavy (non-hydrogen) atoms. The Balaban J connectivity index is 2.59. The Bertz CT molecular complexity index is 553. The van der Waals surface area contributed by atoms with Gasteiger partial charge in [0.1, 0.15) is 17.8 Å². The molecule has 0 unspecified atom stereocenters. The molecule has 0 aliphatic carbocycles. The highest BCUT2D eigenvalue weighted by atomic mass is 19.1. The molecule has 0 bridgehead atoms. The quantitative estimate of drug-likeness (QED) is 0.829. The van der Waals surface area contributed by atoms with Crippen molar-refractivity contribution in [1.82, 2.24) is 10.1 Å². The number of amides is 1. The molecule has 2 aromatic heterocycles. The fraction of sp³-hybridized carbons (Fsp3) is 0. The minimum Gasteiger partial charge on any atom is -0.364 e. The van der Waals surface area contributed by atoms with E-state index in [1.807, 2.05) is 0 Å². The van der Waals surface area contributed by atoms with Crippen molar-refractivity contribution < 1.29 is 18.1 Å². The molecule has 0 aliphatic rings. The van der Waals surface area contributed by atoms with E-state index >= 15 is 0 Å². The first-order chi connectivity index (χ1) is 7.59. The molecule has 0 radical (unpaired) electrons. The van der Waals surface area contributed by atoms with Gasteiger partial charge in [0.25, 0.3) is 5.91 Å². The first-order valence-electron chi connectivity index (χ1n) is 4.15. The average molecular weight is 225 g/mol. The standard InChI is InChI=1S/C9H5F2N3O2/c10-4-1-6(11)7(13-2-4)5-3-16-14-8(5)9(12)15/h1-3H,(H2,12,15). The lowest BCUT2D eigenvalue weighted by molar-refractivity contribution is 0.0992. The molecule has 1 amide bonds. The second-order valence-corrected chi connectivity index (χ2v) is 2.93. The number of hydrogen-bond donors (Lipinski definition) is 1. The molecule has 0 aliphatic heterocycles. The number of rotatable bonds is 2. The van der Waals surface area contributed by atoms with E-state index < -0.39 is 17.5 Å². The summed E-state index contributed by atoms with van der Waals surface area (Å²) in [6, 6.07) is 0.639. The smallest absolute Gasteiger partial charge is 0.271 e. The molecule has 0 saturated heterocycles. The number of nitrogens with zero attached hydrogens (tertiary/aromatic N) is 2. The van der Waals surface area contributed by atoms with E-state index in [-0.39, 0.29) is 17.0 Å². The van der Waals surface area contributed by atoms with Crippen LogP contribution in [0.1, 0.15) is 10.5 Å². The molecule has 0 aromatic carbocycles. The molecule has 5 nitrogen and oxygen atoms in total. The summed E-state index contributed by atoms with van der Waals surface area (Å²) in [5.74, 6) is -2.63. The maximum atomic E-state index is 13.3. The third-order valence-electron chi connectivity index (χ3n) is 1.87. The number of carbonyl (C=O) groups excluding carboxylic acids is 1. The predicted molar refractivity (Wildman–Crippen MR) is 48.2 cm³/mol. The summed E-state index contributed by atoms with van der Waals surface area (Å²) in [6.07, 6.45) is 1.83. The van der Waals surface area contributed by atoms with E-state index in [2.05, 4.69) is 14.7 Å². The lowest BCUT2D eigenvalue weighted by Crippen LogP contribution is -2.13. The highest BCUT2D eigenvalue weighted by molar-refractivity contribution is 5.97. The van der Waals surface area contributed by atoms with Crippen molar-refractivity contribution in [1.29, 1.82) is 0 Å². The van der Waals surface area contributed by atoms with Crippen LogP contribution in [0.5, 0.6) is 0 Å². The fourth-order valence-electron chi connectivity index (χ4n) is 1.20. The van der Waals surface area contributed by atoms with Crippen molar-refractivity contribution in [2.24, 2.45) is 5.73 Å². The van der Waals surface area contributed by atoms with Crippen LogP contribution in [-0.4, -0.2) is 16.0 Å². The summed E-state index contributed by atoms with van der Waals surface area (Å²) in [7, 11) is 0. The van der Waals surface area contributed by atoms with Crippen molar-refractivity contribution in [3.8, 4) is 11.3 Å². The molecule has 2 heterocycles. The van der Waals surface area contributed by atoms with Crippen molar-refractivity contribution in [2.45, 2.75) is 0 Å². The zero-order valence-electron chi connectivity index (χ0n) is 7.78. The van der Waals surface area contributed by atoms with E-state index in [1.165, 1.54) is 0 Å². The molecule has 0 atom stereocenters. The molecule has 0 saturated carbocycles. The van der Waals surface area contributed by atoms with E-state index in [0.717, 1.165) is 12.5 Å². The Hall–Kier alpha value is -2.31. The van der Waals surface area contributed by atoms with Crippen LogP contribution in [0.25, 0.3) is 11.3 Å². The highest BCUT2D eigenvalue weighted by Gasteiger charge is 2.19. The third-order valence-corrected chi connectivity index (χ3v) is 1.87. The molecule has 7 heteroatoms. The van der Waals surface area contributed by atoms with Gasteiger partial charge in [0.15, 0.2) is 11.5 Å². The van der Waals surface area contributed by atoms with Crippen LogP contribution in [0.3, 0.4) is 0 Å². The van der Waals surface area contributed by atoms with Gasteiger partial charge in [0, 0.05) is 6.07 Å². The van der Waals surface area contributed by atoms with Crippen LogP contribution in [0.2, 0.25) is 0 Å². The second kappa shape index (κ2) is 3.69. The first kappa shape index (κ1) is 10.2. The summed E-state index contributed by atoms with van der Waals surface area (Å²) in [5.41, 5.74) is 4.49. The maximum absolute atomic E-state index is 13.3. The number of hydrogen-bond acceptors (Lipinski definition) is 4. The van der Waals surface area contributed by atoms with Gasteiger partial charge >= 0.3 is 0 Å². The van der Waals surface area contributed by atoms with E-state index in [1.54, 1.807) is 0 Å². The second-order valence-electron chi connectivity index (χ2n) is 2.93. The Morgan fingerprint density at radius 2 is 2.19 bits per heavy atom. The Kier molecular flexibility index (Phi) is 2.35. The molecular formula is C9H5F2N3O2. The van der Waals surface area contributed by atoms with Crippen LogP contribution >= 0.6 is 0 Å². The van der Waals surface area contributed by atoms with E-state index in [0.29, 0.717) is 6.07 Å². The number of nitrogens with two attached hydrogens (primary N) is 1. The van der Waals surface area contributed by atoms with Gasteiger partial charge < -0.3 is 10.3 Å². The lowest BCUT2D eigenvalue weighted by atomic mass is 10.1. The predicted octanol–water partition coefficient (Wildman–Crippen LogP) is 1.11. The van der Waals surface area contributed by atoms with Crippen molar-refractivity contribution in [3.63, 3.8) is 0 Å². The number of pyridine rings is 1. The van der Waals surface area contributed by atoms with Crippen molar-refractivity contribution in [3.05, 3.63) is 35.9 Å². The number of halogens is 2. The van der Waals surface area contributed by atoms with Gasteiger partial charge in [-0.05, 0) is 0 Å². The zero-order valence-corrected chi connectivity index (χ0v) is 7.78. The normalized spacial score (nSPS) is 10.4. The first-order valence-corrected chi connectivity index (χ1v) is 4.15. The third kappa shape index (κ3) is 1.62. The monoisotopic (exact) mass is 225 g/mol. The van der Waals surface area contributed by atoms with Crippen LogP contribution < -0.4 is 5.73 Å². The van der Waals surface area contributed by atoms with Gasteiger partial charge in [-0.25, -0.2) is 13.8 Å². The molecule has 0 fully saturated rings. The maximum Gasteiger partial charge on any atom is 0.271 e. The molecule has 0 spiro atoms. The van der Waals surface area contributed by atoms with Crippen LogP contribution in [0.15, 0.2) is 23.0 Å². The number of aromatic nitrogens is 2. The highest BCUT2D eigenvalue weighted by Crippen LogP contribution is 2.23. The fourth-order valence-corrected chi connectivity index (χ4v) is 1.20. The Morgan fingerprint density at radius 1 is 1.44 bits per heavy atom. The Labute approximate surface area is 87.9 Å². The molecule has 82 valence electrons. The van der Waals surface area contributed by atoms with Gasteiger partial charge in [0.2, 0.25) is 0 Å².